The third-order valence-corrected chi connectivity index (χ3v) is 3.35. The number of rotatable bonds is 6. The van der Waals surface area contributed by atoms with Crippen molar-refractivity contribution in [1.82, 2.24) is 0 Å². The maximum absolute atomic E-state index is 5.83. The predicted molar refractivity (Wildman–Crippen MR) is 81.0 cm³/mol. The summed E-state index contributed by atoms with van der Waals surface area (Å²) in [6.45, 7) is 3.16. The highest BCUT2D eigenvalue weighted by molar-refractivity contribution is 9.08. The Morgan fingerprint density at radius 2 is 1.68 bits per heavy atom. The van der Waals surface area contributed by atoms with Crippen LogP contribution in [0.3, 0.4) is 0 Å². The summed E-state index contributed by atoms with van der Waals surface area (Å²) in [6, 6.07) is 16.1. The normalized spacial score (nSPS) is 10.2. The number of halogens is 1. The minimum absolute atomic E-state index is 0.550. The van der Waals surface area contributed by atoms with Crippen LogP contribution >= 0.6 is 15.9 Å². The molecule has 0 saturated carbocycles. The molecule has 2 rings (SSSR count). The Kier molecular flexibility index (Phi) is 5.28. The second-order valence-electron chi connectivity index (χ2n) is 4.12. The van der Waals surface area contributed by atoms with Crippen molar-refractivity contribution in [1.29, 1.82) is 0 Å². The van der Waals surface area contributed by atoms with E-state index in [9.17, 15) is 0 Å². The van der Waals surface area contributed by atoms with Crippen LogP contribution in [0.4, 0.5) is 0 Å². The number of alkyl halides is 1. The van der Waals surface area contributed by atoms with Crippen LogP contribution < -0.4 is 9.47 Å². The molecule has 0 aromatic heterocycles. The summed E-state index contributed by atoms with van der Waals surface area (Å²) in [6.07, 6.45) is 0. The predicted octanol–water partition coefficient (Wildman–Crippen LogP) is 4.56. The molecule has 2 aromatic rings. The molecule has 0 fully saturated rings. The van der Waals surface area contributed by atoms with E-state index in [1.807, 2.05) is 55.5 Å². The third-order valence-electron chi connectivity index (χ3n) is 2.70. The van der Waals surface area contributed by atoms with E-state index in [0.717, 1.165) is 22.4 Å². The molecule has 0 amide bonds. The SMILES string of the molecule is CCOc1cc(CBr)ccc1OCc1ccccc1. The van der Waals surface area contributed by atoms with Gasteiger partial charge in [-0.2, -0.15) is 0 Å². The number of hydrogen-bond acceptors (Lipinski definition) is 2. The standard InChI is InChI=1S/C16H17BrO2/c1-2-18-16-10-14(11-17)8-9-15(16)19-12-13-6-4-3-5-7-13/h3-10H,2,11-12H2,1H3. The van der Waals surface area contributed by atoms with Gasteiger partial charge in [0, 0.05) is 5.33 Å². The minimum atomic E-state index is 0.550. The zero-order valence-corrected chi connectivity index (χ0v) is 12.5. The Morgan fingerprint density at radius 3 is 2.37 bits per heavy atom. The van der Waals surface area contributed by atoms with E-state index in [0.29, 0.717) is 13.2 Å². The molecule has 0 aliphatic carbocycles. The smallest absolute Gasteiger partial charge is 0.161 e. The zero-order chi connectivity index (χ0) is 13.5. The first-order chi connectivity index (χ1) is 9.33. The van der Waals surface area contributed by atoms with Crippen molar-refractivity contribution in [2.45, 2.75) is 18.9 Å². The molecule has 2 nitrogen and oxygen atoms in total. The van der Waals surface area contributed by atoms with Crippen molar-refractivity contribution in [3.8, 4) is 11.5 Å². The maximum Gasteiger partial charge on any atom is 0.161 e. The van der Waals surface area contributed by atoms with Gasteiger partial charge in [-0.05, 0) is 30.2 Å². The van der Waals surface area contributed by atoms with Crippen molar-refractivity contribution < 1.29 is 9.47 Å². The molecule has 0 spiro atoms. The molecule has 0 unspecified atom stereocenters. The second kappa shape index (κ2) is 7.19. The monoisotopic (exact) mass is 320 g/mol. The van der Waals surface area contributed by atoms with Crippen molar-refractivity contribution in [2.75, 3.05) is 6.61 Å². The summed E-state index contributed by atoms with van der Waals surface area (Å²) in [5, 5.41) is 0.812. The van der Waals surface area contributed by atoms with Gasteiger partial charge in [0.1, 0.15) is 6.61 Å². The van der Waals surface area contributed by atoms with E-state index in [4.69, 9.17) is 9.47 Å². The van der Waals surface area contributed by atoms with E-state index < -0.39 is 0 Å². The molecule has 100 valence electrons. The van der Waals surface area contributed by atoms with Gasteiger partial charge in [0.15, 0.2) is 11.5 Å². The average molecular weight is 321 g/mol. The van der Waals surface area contributed by atoms with Gasteiger partial charge in [0.2, 0.25) is 0 Å². The van der Waals surface area contributed by atoms with Gasteiger partial charge < -0.3 is 9.47 Å². The van der Waals surface area contributed by atoms with Gasteiger partial charge in [-0.15, -0.1) is 0 Å². The fourth-order valence-electron chi connectivity index (χ4n) is 1.76. The van der Waals surface area contributed by atoms with Gasteiger partial charge in [-0.3, -0.25) is 0 Å². The van der Waals surface area contributed by atoms with Gasteiger partial charge in [-0.1, -0.05) is 52.3 Å². The van der Waals surface area contributed by atoms with Gasteiger partial charge in [0.05, 0.1) is 6.61 Å². The molecule has 0 saturated heterocycles. The molecule has 0 heterocycles. The molecule has 3 heteroatoms. The van der Waals surface area contributed by atoms with E-state index in [-0.39, 0.29) is 0 Å². The highest BCUT2D eigenvalue weighted by atomic mass is 79.9. The van der Waals surface area contributed by atoms with Gasteiger partial charge in [0.25, 0.3) is 0 Å². The highest BCUT2D eigenvalue weighted by Gasteiger charge is 2.06. The minimum Gasteiger partial charge on any atom is -0.490 e. The quantitative estimate of drug-likeness (QED) is 0.726. The Labute approximate surface area is 122 Å². The van der Waals surface area contributed by atoms with E-state index in [1.165, 1.54) is 5.56 Å². The van der Waals surface area contributed by atoms with Crippen LogP contribution in [-0.4, -0.2) is 6.61 Å². The fraction of sp³-hybridized carbons (Fsp3) is 0.250. The van der Waals surface area contributed by atoms with Gasteiger partial charge in [-0.25, -0.2) is 0 Å². The van der Waals surface area contributed by atoms with Crippen LogP contribution in [-0.2, 0) is 11.9 Å². The Balaban J connectivity index is 2.10. The molecule has 0 aliphatic heterocycles. The van der Waals surface area contributed by atoms with Crippen LogP contribution in [0.1, 0.15) is 18.1 Å². The Hall–Kier alpha value is -1.48. The van der Waals surface area contributed by atoms with Crippen molar-refractivity contribution in [3.63, 3.8) is 0 Å². The third kappa shape index (κ3) is 4.00. The summed E-state index contributed by atoms with van der Waals surface area (Å²) < 4.78 is 11.5. The summed E-state index contributed by atoms with van der Waals surface area (Å²) in [4.78, 5) is 0. The Morgan fingerprint density at radius 1 is 0.895 bits per heavy atom. The molecule has 0 bridgehead atoms. The second-order valence-corrected chi connectivity index (χ2v) is 4.68. The summed E-state index contributed by atoms with van der Waals surface area (Å²) in [7, 11) is 0. The highest BCUT2D eigenvalue weighted by Crippen LogP contribution is 2.30. The molecule has 2 aromatic carbocycles. The first-order valence-corrected chi connectivity index (χ1v) is 7.44. The lowest BCUT2D eigenvalue weighted by Gasteiger charge is -2.13. The molecular formula is C16H17BrO2. The first kappa shape index (κ1) is 13.9. The molecule has 19 heavy (non-hydrogen) atoms. The topological polar surface area (TPSA) is 18.5 Å². The zero-order valence-electron chi connectivity index (χ0n) is 10.9. The van der Waals surface area contributed by atoms with Crippen LogP contribution in [0, 0.1) is 0 Å². The summed E-state index contributed by atoms with van der Waals surface area (Å²) in [5.74, 6) is 1.59. The molecular weight excluding hydrogens is 304 g/mol. The van der Waals surface area contributed by atoms with E-state index >= 15 is 0 Å². The summed E-state index contributed by atoms with van der Waals surface area (Å²) in [5.41, 5.74) is 2.32. The maximum atomic E-state index is 5.83. The molecule has 0 aliphatic rings. The van der Waals surface area contributed by atoms with Crippen molar-refractivity contribution in [3.05, 3.63) is 59.7 Å². The van der Waals surface area contributed by atoms with Crippen molar-refractivity contribution in [2.24, 2.45) is 0 Å². The lowest BCUT2D eigenvalue weighted by atomic mass is 10.2. The summed E-state index contributed by atoms with van der Waals surface area (Å²) >= 11 is 3.45. The fourth-order valence-corrected chi connectivity index (χ4v) is 2.11. The van der Waals surface area contributed by atoms with Crippen LogP contribution in [0.2, 0.25) is 0 Å². The number of ether oxygens (including phenoxy) is 2. The molecule has 0 atom stereocenters. The van der Waals surface area contributed by atoms with E-state index in [2.05, 4.69) is 15.9 Å². The van der Waals surface area contributed by atoms with Crippen LogP contribution in [0.5, 0.6) is 11.5 Å². The van der Waals surface area contributed by atoms with Gasteiger partial charge >= 0.3 is 0 Å². The van der Waals surface area contributed by atoms with Crippen LogP contribution in [0.25, 0.3) is 0 Å². The molecule has 0 radical (unpaired) electrons. The first-order valence-electron chi connectivity index (χ1n) is 6.32. The molecule has 0 N–H and O–H groups in total. The number of hydrogen-bond donors (Lipinski definition) is 0. The van der Waals surface area contributed by atoms with E-state index in [1.54, 1.807) is 0 Å². The van der Waals surface area contributed by atoms with Crippen LogP contribution in [0.15, 0.2) is 48.5 Å². The lowest BCUT2D eigenvalue weighted by molar-refractivity contribution is 0.269. The van der Waals surface area contributed by atoms with Crippen molar-refractivity contribution >= 4 is 15.9 Å². The Bertz CT molecular complexity index is 511. The number of benzene rings is 2. The largest absolute Gasteiger partial charge is 0.490 e. The average Bonchev–Trinajstić information content (AvgIpc) is 2.47. The lowest BCUT2D eigenvalue weighted by Crippen LogP contribution is -2.00.